The number of phenolic OH excluding ortho intramolecular Hbond substituents is 4. The normalized spacial score (nSPS) is 10.2. The van der Waals surface area contributed by atoms with Crippen molar-refractivity contribution in [2.75, 3.05) is 13.2 Å². The highest BCUT2D eigenvalue weighted by Gasteiger charge is 2.14. The summed E-state index contributed by atoms with van der Waals surface area (Å²) in [4.78, 5) is 22.9. The molecular weight excluding hydrogens is 426 g/mol. The minimum absolute atomic E-state index is 0.000475. The molecule has 3 rings (SSSR count). The molecule has 0 radical (unpaired) electrons. The molecule has 2 aromatic carbocycles. The van der Waals surface area contributed by atoms with E-state index in [4.69, 9.17) is 18.9 Å². The maximum atomic E-state index is 11.1. The number of hydrogen-bond acceptors (Lipinski definition) is 12. The van der Waals surface area contributed by atoms with Gasteiger partial charge in [-0.05, 0) is 0 Å². The number of rotatable bonds is 9. The number of carbonyl (C=O) groups is 1. The third kappa shape index (κ3) is 6.38. The first-order chi connectivity index (χ1) is 15.3. The van der Waals surface area contributed by atoms with E-state index >= 15 is 0 Å². The van der Waals surface area contributed by atoms with Gasteiger partial charge in [-0.3, -0.25) is 0 Å². The number of benzene rings is 2. The van der Waals surface area contributed by atoms with Crippen molar-refractivity contribution >= 4 is 5.97 Å². The van der Waals surface area contributed by atoms with Crippen LogP contribution in [0.15, 0.2) is 49.1 Å². The van der Waals surface area contributed by atoms with E-state index in [1.807, 2.05) is 0 Å². The topological polar surface area (TPSA) is 174 Å². The fourth-order valence-corrected chi connectivity index (χ4v) is 2.28. The van der Waals surface area contributed by atoms with E-state index in [2.05, 4.69) is 21.5 Å². The van der Waals surface area contributed by atoms with Gasteiger partial charge in [-0.1, -0.05) is 6.58 Å². The summed E-state index contributed by atoms with van der Waals surface area (Å²) in [6, 6.07) is 6.07. The van der Waals surface area contributed by atoms with Crippen LogP contribution in [0.3, 0.4) is 0 Å². The van der Waals surface area contributed by atoms with Gasteiger partial charge in [-0.2, -0.15) is 0 Å². The highest BCUT2D eigenvalue weighted by molar-refractivity contribution is 5.81. The van der Waals surface area contributed by atoms with Crippen molar-refractivity contribution in [1.82, 2.24) is 15.0 Å². The highest BCUT2D eigenvalue weighted by Crippen LogP contribution is 2.31. The quantitative estimate of drug-likeness (QED) is 0.216. The molecule has 3 aromatic rings. The molecule has 1 heterocycles. The minimum atomic E-state index is -0.635. The van der Waals surface area contributed by atoms with Crippen LogP contribution in [-0.2, 0) is 9.53 Å². The Kier molecular flexibility index (Phi) is 6.75. The van der Waals surface area contributed by atoms with Gasteiger partial charge in [0.1, 0.15) is 47.7 Å². The van der Waals surface area contributed by atoms with Crippen LogP contribution in [0.25, 0.3) is 0 Å². The van der Waals surface area contributed by atoms with Crippen molar-refractivity contribution in [3.63, 3.8) is 0 Å². The standard InChI is InChI=1S/C20H17N3O9/c1-2-17(28)29-3-4-30-18-21-19(31-15-7-11(24)5-12(25)8-15)23-20(22-18)32-16-9-13(26)6-14(27)10-16/h2,5-10,24-27H,1,3-4H2. The van der Waals surface area contributed by atoms with Gasteiger partial charge in [-0.25, -0.2) is 4.79 Å². The third-order valence-electron chi connectivity index (χ3n) is 3.47. The summed E-state index contributed by atoms with van der Waals surface area (Å²) in [6.45, 7) is 3.03. The fraction of sp³-hybridized carbons (Fsp3) is 0.100. The van der Waals surface area contributed by atoms with E-state index in [0.717, 1.165) is 18.2 Å². The highest BCUT2D eigenvalue weighted by atomic mass is 16.6. The van der Waals surface area contributed by atoms with Crippen LogP contribution in [0.1, 0.15) is 0 Å². The van der Waals surface area contributed by atoms with Gasteiger partial charge >= 0.3 is 24.0 Å². The second-order valence-electron chi connectivity index (χ2n) is 5.98. The van der Waals surface area contributed by atoms with Crippen molar-refractivity contribution in [3.8, 4) is 52.5 Å². The number of ether oxygens (including phenoxy) is 4. The molecule has 0 aliphatic carbocycles. The molecule has 0 bridgehead atoms. The summed E-state index contributed by atoms with van der Waals surface area (Å²) in [6.07, 6.45) is 0.996. The van der Waals surface area contributed by atoms with Gasteiger partial charge < -0.3 is 39.4 Å². The number of nitrogens with zero attached hydrogens (tertiary/aromatic N) is 3. The molecule has 0 fully saturated rings. The first kappa shape index (κ1) is 22.0. The molecule has 0 aliphatic heterocycles. The first-order valence-electron chi connectivity index (χ1n) is 8.90. The number of hydrogen-bond donors (Lipinski definition) is 4. The molecule has 4 N–H and O–H groups in total. The van der Waals surface area contributed by atoms with E-state index in [-0.39, 0.29) is 65.7 Å². The van der Waals surface area contributed by atoms with Gasteiger partial charge in [0.2, 0.25) is 0 Å². The smallest absolute Gasteiger partial charge is 0.331 e. The van der Waals surface area contributed by atoms with Crippen LogP contribution in [0, 0.1) is 0 Å². The summed E-state index contributed by atoms with van der Waals surface area (Å²) >= 11 is 0. The van der Waals surface area contributed by atoms with Crippen molar-refractivity contribution in [2.24, 2.45) is 0 Å². The Bertz CT molecular complexity index is 1030. The van der Waals surface area contributed by atoms with E-state index in [9.17, 15) is 25.2 Å². The van der Waals surface area contributed by atoms with E-state index in [0.29, 0.717) is 0 Å². The molecule has 32 heavy (non-hydrogen) atoms. The summed E-state index contributed by atoms with van der Waals surface area (Å²) < 4.78 is 21.0. The number of aromatic hydroxyl groups is 4. The molecular formula is C20H17N3O9. The number of phenols is 4. The molecule has 0 aliphatic rings. The molecule has 12 heteroatoms. The van der Waals surface area contributed by atoms with Gasteiger partial charge in [0.15, 0.2) is 0 Å². The minimum Gasteiger partial charge on any atom is -0.508 e. The van der Waals surface area contributed by atoms with Crippen LogP contribution in [0.2, 0.25) is 0 Å². The molecule has 166 valence electrons. The van der Waals surface area contributed by atoms with E-state index in [1.165, 1.54) is 24.3 Å². The molecule has 0 amide bonds. The Morgan fingerprint density at radius 2 is 1.19 bits per heavy atom. The van der Waals surface area contributed by atoms with Crippen molar-refractivity contribution < 1.29 is 44.2 Å². The maximum absolute atomic E-state index is 11.1. The zero-order valence-corrected chi connectivity index (χ0v) is 16.3. The second-order valence-corrected chi connectivity index (χ2v) is 5.98. The predicted octanol–water partition coefficient (Wildman–Crippen LogP) is 2.39. The van der Waals surface area contributed by atoms with Crippen LogP contribution in [-0.4, -0.2) is 54.6 Å². The van der Waals surface area contributed by atoms with Crippen LogP contribution >= 0.6 is 0 Å². The summed E-state index contributed by atoms with van der Waals surface area (Å²) in [5, 5.41) is 38.4. The van der Waals surface area contributed by atoms with Gasteiger partial charge in [0.25, 0.3) is 0 Å². The lowest BCUT2D eigenvalue weighted by Gasteiger charge is -2.10. The lowest BCUT2D eigenvalue weighted by atomic mass is 10.3. The van der Waals surface area contributed by atoms with Gasteiger partial charge in [0, 0.05) is 42.5 Å². The van der Waals surface area contributed by atoms with Crippen molar-refractivity contribution in [1.29, 1.82) is 0 Å². The Labute approximate surface area is 180 Å². The Hall–Kier alpha value is -4.74. The zero-order valence-electron chi connectivity index (χ0n) is 16.3. The second kappa shape index (κ2) is 9.84. The van der Waals surface area contributed by atoms with E-state index in [1.54, 1.807) is 0 Å². The summed E-state index contributed by atoms with van der Waals surface area (Å²) in [5.41, 5.74) is 0. The van der Waals surface area contributed by atoms with Crippen molar-refractivity contribution in [2.45, 2.75) is 0 Å². The van der Waals surface area contributed by atoms with Crippen molar-refractivity contribution in [3.05, 3.63) is 49.1 Å². The summed E-state index contributed by atoms with van der Waals surface area (Å²) in [5.74, 6) is -1.68. The molecule has 0 atom stereocenters. The van der Waals surface area contributed by atoms with Gasteiger partial charge in [0.05, 0.1) is 0 Å². The first-order valence-corrected chi connectivity index (χ1v) is 8.90. The molecule has 0 saturated carbocycles. The average Bonchev–Trinajstić information content (AvgIpc) is 2.69. The number of aromatic nitrogens is 3. The third-order valence-corrected chi connectivity index (χ3v) is 3.47. The van der Waals surface area contributed by atoms with Crippen LogP contribution < -0.4 is 14.2 Å². The molecule has 12 nitrogen and oxygen atoms in total. The van der Waals surface area contributed by atoms with Crippen LogP contribution in [0.5, 0.6) is 52.5 Å². The van der Waals surface area contributed by atoms with Gasteiger partial charge in [-0.15, -0.1) is 15.0 Å². The zero-order chi connectivity index (χ0) is 23.1. The Morgan fingerprint density at radius 1 is 0.750 bits per heavy atom. The lowest BCUT2D eigenvalue weighted by Crippen LogP contribution is -2.12. The predicted molar refractivity (Wildman–Crippen MR) is 106 cm³/mol. The Morgan fingerprint density at radius 3 is 1.62 bits per heavy atom. The van der Waals surface area contributed by atoms with E-state index < -0.39 is 5.97 Å². The fourth-order valence-electron chi connectivity index (χ4n) is 2.28. The SMILES string of the molecule is C=CC(=O)OCCOc1nc(Oc2cc(O)cc(O)c2)nc(Oc2cc(O)cc(O)c2)n1. The maximum Gasteiger partial charge on any atom is 0.331 e. The molecule has 0 spiro atoms. The largest absolute Gasteiger partial charge is 0.508 e. The molecule has 1 aromatic heterocycles. The number of esters is 1. The monoisotopic (exact) mass is 443 g/mol. The molecule has 0 saturated heterocycles. The average molecular weight is 443 g/mol. The van der Waals surface area contributed by atoms with Crippen LogP contribution in [0.4, 0.5) is 0 Å². The summed E-state index contributed by atoms with van der Waals surface area (Å²) in [7, 11) is 0. The molecule has 0 unspecified atom stereocenters. The Balaban J connectivity index is 1.84. The number of carbonyl (C=O) groups excluding carboxylic acids is 1. The lowest BCUT2D eigenvalue weighted by molar-refractivity contribution is -0.138.